The summed E-state index contributed by atoms with van der Waals surface area (Å²) < 4.78 is 16.1. The van der Waals surface area contributed by atoms with Crippen LogP contribution in [0.5, 0.6) is 11.5 Å². The van der Waals surface area contributed by atoms with E-state index in [9.17, 15) is 4.79 Å². The number of carbonyl (C=O) groups excluding carboxylic acids is 1. The molecule has 2 N–H and O–H groups in total. The fraction of sp³-hybridized carbons (Fsp3) is 0.579. The van der Waals surface area contributed by atoms with Gasteiger partial charge in [0, 0.05) is 40.4 Å². The Morgan fingerprint density at radius 1 is 1.21 bits per heavy atom. The lowest BCUT2D eigenvalue weighted by Gasteiger charge is -2.14. The quantitative estimate of drug-likeness (QED) is 0.217. The third kappa shape index (κ3) is 8.51. The first-order chi connectivity index (χ1) is 13.1. The Morgan fingerprint density at radius 2 is 1.96 bits per heavy atom. The van der Waals surface area contributed by atoms with E-state index in [4.69, 9.17) is 14.2 Å². The minimum absolute atomic E-state index is 0. The van der Waals surface area contributed by atoms with Crippen molar-refractivity contribution in [3.63, 3.8) is 0 Å². The second-order valence-electron chi connectivity index (χ2n) is 6.29. The summed E-state index contributed by atoms with van der Waals surface area (Å²) in [5.41, 5.74) is 1.15. The molecule has 0 spiro atoms. The first-order valence-corrected chi connectivity index (χ1v) is 9.28. The normalized spacial score (nSPS) is 12.3. The summed E-state index contributed by atoms with van der Waals surface area (Å²) in [6, 6.07) is 5.94. The van der Waals surface area contributed by atoms with E-state index < -0.39 is 0 Å². The number of amides is 1. The molecule has 0 saturated heterocycles. The standard InChI is InChI=1S/C19H30N4O4.HI/c1-4-25-11-5-9-20-19(22-13-18(24)23(2)3)21-10-8-15-6-7-16-17(12-15)27-14-26-16;/h6-7,12H,4-5,8-11,13-14H2,1-3H3,(H2,20,21,22);1H. The second kappa shape index (κ2) is 13.4. The number of ether oxygens (including phenoxy) is 3. The van der Waals surface area contributed by atoms with Crippen LogP contribution in [0.4, 0.5) is 0 Å². The predicted molar refractivity (Wildman–Crippen MR) is 120 cm³/mol. The molecule has 1 aromatic carbocycles. The molecular formula is C19H31IN4O4. The van der Waals surface area contributed by atoms with Gasteiger partial charge in [-0.3, -0.25) is 4.79 Å². The summed E-state index contributed by atoms with van der Waals surface area (Å²) in [7, 11) is 3.44. The molecule has 1 heterocycles. The Balaban J connectivity index is 0.00000392. The first kappa shape index (κ1) is 24.3. The number of nitrogens with one attached hydrogen (secondary N) is 2. The number of benzene rings is 1. The van der Waals surface area contributed by atoms with Crippen LogP contribution in [-0.4, -0.2) is 70.5 Å². The topological polar surface area (TPSA) is 84.4 Å². The van der Waals surface area contributed by atoms with Crippen molar-refractivity contribution < 1.29 is 19.0 Å². The van der Waals surface area contributed by atoms with Crippen molar-refractivity contribution in [1.29, 1.82) is 0 Å². The zero-order chi connectivity index (χ0) is 19.5. The molecule has 0 aromatic heterocycles. The van der Waals surface area contributed by atoms with Crippen LogP contribution in [0.25, 0.3) is 0 Å². The van der Waals surface area contributed by atoms with Crippen LogP contribution in [0.3, 0.4) is 0 Å². The molecule has 2 rings (SSSR count). The number of aliphatic imine (C=N–C) groups is 1. The maximum absolute atomic E-state index is 11.8. The van der Waals surface area contributed by atoms with Crippen molar-refractivity contribution in [2.75, 3.05) is 53.7 Å². The Labute approximate surface area is 184 Å². The van der Waals surface area contributed by atoms with Crippen molar-refractivity contribution >= 4 is 35.8 Å². The molecule has 0 aliphatic carbocycles. The number of halogens is 1. The molecule has 1 aliphatic heterocycles. The molecule has 0 saturated carbocycles. The van der Waals surface area contributed by atoms with Gasteiger partial charge in [0.25, 0.3) is 0 Å². The van der Waals surface area contributed by atoms with E-state index >= 15 is 0 Å². The van der Waals surface area contributed by atoms with Gasteiger partial charge < -0.3 is 29.7 Å². The molecule has 0 bridgehead atoms. The maximum atomic E-state index is 11.8. The Kier molecular flexibility index (Phi) is 11.7. The Hall–Kier alpha value is -1.75. The van der Waals surface area contributed by atoms with Crippen molar-refractivity contribution in [2.45, 2.75) is 19.8 Å². The van der Waals surface area contributed by atoms with E-state index in [2.05, 4.69) is 15.6 Å². The van der Waals surface area contributed by atoms with Gasteiger partial charge in [0.05, 0.1) is 0 Å². The van der Waals surface area contributed by atoms with Gasteiger partial charge in [-0.25, -0.2) is 4.99 Å². The molecule has 0 atom stereocenters. The van der Waals surface area contributed by atoms with Gasteiger partial charge >= 0.3 is 0 Å². The van der Waals surface area contributed by atoms with Crippen molar-refractivity contribution in [3.8, 4) is 11.5 Å². The lowest BCUT2D eigenvalue weighted by Crippen LogP contribution is -2.40. The fourth-order valence-corrected chi connectivity index (χ4v) is 2.41. The molecule has 158 valence electrons. The zero-order valence-corrected chi connectivity index (χ0v) is 19.2. The largest absolute Gasteiger partial charge is 0.454 e. The monoisotopic (exact) mass is 506 g/mol. The summed E-state index contributed by atoms with van der Waals surface area (Å²) in [6.45, 7) is 5.19. The molecular weight excluding hydrogens is 475 g/mol. The van der Waals surface area contributed by atoms with Crippen LogP contribution < -0.4 is 20.1 Å². The number of hydrogen-bond acceptors (Lipinski definition) is 5. The second-order valence-corrected chi connectivity index (χ2v) is 6.29. The van der Waals surface area contributed by atoms with E-state index in [0.29, 0.717) is 25.7 Å². The van der Waals surface area contributed by atoms with E-state index in [-0.39, 0.29) is 43.2 Å². The number of likely N-dealkylation sites (N-methyl/N-ethyl adjacent to an activating group) is 1. The summed E-state index contributed by atoms with van der Waals surface area (Å²) >= 11 is 0. The van der Waals surface area contributed by atoms with Gasteiger partial charge in [-0.2, -0.15) is 0 Å². The molecule has 0 fully saturated rings. The van der Waals surface area contributed by atoms with Crippen molar-refractivity contribution in [1.82, 2.24) is 15.5 Å². The Bertz CT molecular complexity index is 640. The van der Waals surface area contributed by atoms with Crippen LogP contribution in [-0.2, 0) is 16.0 Å². The highest BCUT2D eigenvalue weighted by atomic mass is 127. The zero-order valence-electron chi connectivity index (χ0n) is 16.8. The average Bonchev–Trinajstić information content (AvgIpc) is 3.12. The van der Waals surface area contributed by atoms with Crippen molar-refractivity contribution in [3.05, 3.63) is 23.8 Å². The van der Waals surface area contributed by atoms with Crippen LogP contribution in [0, 0.1) is 0 Å². The average molecular weight is 506 g/mol. The third-order valence-electron chi connectivity index (χ3n) is 3.98. The van der Waals surface area contributed by atoms with Crippen LogP contribution in [0.15, 0.2) is 23.2 Å². The highest BCUT2D eigenvalue weighted by Gasteiger charge is 2.13. The van der Waals surface area contributed by atoms with Gasteiger partial charge in [-0.15, -0.1) is 24.0 Å². The lowest BCUT2D eigenvalue weighted by atomic mass is 10.1. The van der Waals surface area contributed by atoms with Gasteiger partial charge in [-0.1, -0.05) is 6.07 Å². The molecule has 9 heteroatoms. The SMILES string of the molecule is CCOCCCNC(=NCC(=O)N(C)C)NCCc1ccc2c(c1)OCO2.I. The molecule has 0 unspecified atom stereocenters. The fourth-order valence-electron chi connectivity index (χ4n) is 2.41. The highest BCUT2D eigenvalue weighted by molar-refractivity contribution is 14.0. The maximum Gasteiger partial charge on any atom is 0.243 e. The predicted octanol–water partition coefficient (Wildman–Crippen LogP) is 1.63. The first-order valence-electron chi connectivity index (χ1n) is 9.28. The smallest absolute Gasteiger partial charge is 0.243 e. The number of fused-ring (bicyclic) bond motifs is 1. The number of hydrogen-bond donors (Lipinski definition) is 2. The molecule has 8 nitrogen and oxygen atoms in total. The van der Waals surface area contributed by atoms with Crippen LogP contribution >= 0.6 is 24.0 Å². The number of carbonyl (C=O) groups is 1. The van der Waals surface area contributed by atoms with Crippen LogP contribution in [0.1, 0.15) is 18.9 Å². The lowest BCUT2D eigenvalue weighted by molar-refractivity contribution is -0.127. The van der Waals surface area contributed by atoms with Gasteiger partial charge in [0.2, 0.25) is 12.7 Å². The van der Waals surface area contributed by atoms with Crippen LogP contribution in [0.2, 0.25) is 0 Å². The van der Waals surface area contributed by atoms with Gasteiger partial charge in [-0.05, 0) is 37.5 Å². The summed E-state index contributed by atoms with van der Waals surface area (Å²) in [5, 5.41) is 6.52. The molecule has 1 amide bonds. The summed E-state index contributed by atoms with van der Waals surface area (Å²) in [6.07, 6.45) is 1.68. The molecule has 0 radical (unpaired) electrons. The molecule has 28 heavy (non-hydrogen) atoms. The van der Waals surface area contributed by atoms with E-state index in [1.807, 2.05) is 25.1 Å². The number of nitrogens with zero attached hydrogens (tertiary/aromatic N) is 2. The van der Waals surface area contributed by atoms with E-state index in [0.717, 1.165) is 36.4 Å². The highest BCUT2D eigenvalue weighted by Crippen LogP contribution is 2.32. The van der Waals surface area contributed by atoms with Gasteiger partial charge in [0.15, 0.2) is 17.5 Å². The third-order valence-corrected chi connectivity index (χ3v) is 3.98. The minimum atomic E-state index is -0.0406. The minimum Gasteiger partial charge on any atom is -0.454 e. The van der Waals surface area contributed by atoms with E-state index in [1.165, 1.54) is 4.90 Å². The number of guanidine groups is 1. The number of rotatable bonds is 10. The van der Waals surface area contributed by atoms with Crippen molar-refractivity contribution in [2.24, 2.45) is 4.99 Å². The molecule has 1 aromatic rings. The van der Waals surface area contributed by atoms with Gasteiger partial charge in [0.1, 0.15) is 6.54 Å². The summed E-state index contributed by atoms with van der Waals surface area (Å²) in [5.74, 6) is 2.16. The molecule has 1 aliphatic rings. The summed E-state index contributed by atoms with van der Waals surface area (Å²) in [4.78, 5) is 17.7. The Morgan fingerprint density at radius 3 is 2.71 bits per heavy atom. The van der Waals surface area contributed by atoms with E-state index in [1.54, 1.807) is 14.1 Å².